The number of thioether (sulfide) groups is 1. The molecule has 1 aromatic carbocycles. The van der Waals surface area contributed by atoms with Gasteiger partial charge in [0.15, 0.2) is 9.84 Å². The number of nitrogens with two attached hydrogens (primary N) is 1. The van der Waals surface area contributed by atoms with Gasteiger partial charge in [-0.3, -0.25) is 4.79 Å². The van der Waals surface area contributed by atoms with E-state index in [1.54, 1.807) is 31.2 Å². The van der Waals surface area contributed by atoms with Crippen LogP contribution >= 0.6 is 24.2 Å². The molecule has 1 aromatic rings. The molecule has 0 saturated carbocycles. The third-order valence-corrected chi connectivity index (χ3v) is 6.54. The quantitative estimate of drug-likeness (QED) is 0.470. The second kappa shape index (κ2) is 11.7. The molecule has 0 aromatic heterocycles. The second-order valence-electron chi connectivity index (χ2n) is 5.31. The lowest BCUT2D eigenvalue weighted by molar-refractivity contribution is -0.120. The van der Waals surface area contributed by atoms with Crippen LogP contribution in [0.25, 0.3) is 0 Å². The normalized spacial score (nSPS) is 12.3. The van der Waals surface area contributed by atoms with Crippen LogP contribution in [0, 0.1) is 0 Å². The van der Waals surface area contributed by atoms with Crippen LogP contribution < -0.4 is 11.1 Å². The highest BCUT2D eigenvalue weighted by Crippen LogP contribution is 2.30. The Labute approximate surface area is 155 Å². The van der Waals surface area contributed by atoms with Gasteiger partial charge in [-0.2, -0.15) is 0 Å². The van der Waals surface area contributed by atoms with Crippen molar-refractivity contribution in [2.24, 2.45) is 5.73 Å². The van der Waals surface area contributed by atoms with E-state index in [9.17, 15) is 13.2 Å². The molecule has 8 heteroatoms. The lowest BCUT2D eigenvalue weighted by Gasteiger charge is -2.14. The second-order valence-corrected chi connectivity index (χ2v) is 8.77. The van der Waals surface area contributed by atoms with Gasteiger partial charge in [0.2, 0.25) is 5.91 Å². The van der Waals surface area contributed by atoms with Crippen LogP contribution in [0.1, 0.15) is 33.1 Å². The van der Waals surface area contributed by atoms with E-state index in [1.807, 2.05) is 6.92 Å². The van der Waals surface area contributed by atoms with E-state index >= 15 is 0 Å². The smallest absolute Gasteiger partial charge is 0.233 e. The minimum atomic E-state index is -3.30. The first-order valence-corrected chi connectivity index (χ1v) is 10.4. The summed E-state index contributed by atoms with van der Waals surface area (Å²) in [5.41, 5.74) is 5.42. The predicted molar refractivity (Wildman–Crippen MR) is 103 cm³/mol. The number of carbonyl (C=O) groups is 1. The highest BCUT2D eigenvalue weighted by atomic mass is 35.5. The fraction of sp³-hybridized carbons (Fsp3) is 0.562. The predicted octanol–water partition coefficient (Wildman–Crippen LogP) is 2.63. The maximum absolute atomic E-state index is 12.3. The first kappa shape index (κ1) is 23.2. The summed E-state index contributed by atoms with van der Waals surface area (Å²) in [6.07, 6.45) is 2.29. The lowest BCUT2D eigenvalue weighted by atomic mass is 10.3. The fourth-order valence-electron chi connectivity index (χ4n) is 2.05. The average molecular weight is 395 g/mol. The Morgan fingerprint density at radius 1 is 1.29 bits per heavy atom. The zero-order valence-electron chi connectivity index (χ0n) is 14.2. The summed E-state index contributed by atoms with van der Waals surface area (Å²) < 4.78 is 24.6. The molecule has 0 radical (unpaired) electrons. The summed E-state index contributed by atoms with van der Waals surface area (Å²) in [7, 11) is -3.30. The molecule has 0 bridgehead atoms. The summed E-state index contributed by atoms with van der Waals surface area (Å²) in [6, 6.07) is 6.87. The number of halogens is 1. The van der Waals surface area contributed by atoms with Crippen molar-refractivity contribution in [1.82, 2.24) is 5.32 Å². The Hall–Kier alpha value is -0.760. The molecule has 1 unspecified atom stereocenters. The number of carbonyl (C=O) groups excluding carboxylic acids is 1. The van der Waals surface area contributed by atoms with Gasteiger partial charge >= 0.3 is 0 Å². The number of benzene rings is 1. The highest BCUT2D eigenvalue weighted by molar-refractivity contribution is 8.01. The third-order valence-electron chi connectivity index (χ3n) is 3.26. The van der Waals surface area contributed by atoms with Crippen molar-refractivity contribution in [2.45, 2.75) is 48.2 Å². The lowest BCUT2D eigenvalue weighted by Crippen LogP contribution is -2.32. The molecular weight excluding hydrogens is 368 g/mol. The molecule has 0 heterocycles. The molecule has 0 aliphatic rings. The van der Waals surface area contributed by atoms with Gasteiger partial charge in [0.05, 0.1) is 15.9 Å². The number of rotatable bonds is 10. The minimum Gasteiger partial charge on any atom is -0.355 e. The summed E-state index contributed by atoms with van der Waals surface area (Å²) in [5.74, 6) is 0.0271. The Balaban J connectivity index is 0.00000529. The molecule has 1 amide bonds. The fourth-order valence-corrected chi connectivity index (χ4v) is 4.91. The average Bonchev–Trinajstić information content (AvgIpc) is 2.51. The van der Waals surface area contributed by atoms with Crippen molar-refractivity contribution >= 4 is 39.9 Å². The van der Waals surface area contributed by atoms with Gasteiger partial charge in [-0.1, -0.05) is 19.1 Å². The van der Waals surface area contributed by atoms with Crippen LogP contribution in [0.5, 0.6) is 0 Å². The number of sulfone groups is 1. The van der Waals surface area contributed by atoms with Crippen molar-refractivity contribution < 1.29 is 13.2 Å². The maximum atomic E-state index is 12.3. The van der Waals surface area contributed by atoms with Gasteiger partial charge in [-0.15, -0.1) is 24.2 Å². The van der Waals surface area contributed by atoms with Crippen LogP contribution in [0.15, 0.2) is 34.1 Å². The van der Waals surface area contributed by atoms with Gasteiger partial charge in [0, 0.05) is 11.4 Å². The molecule has 24 heavy (non-hydrogen) atoms. The molecule has 0 fully saturated rings. The van der Waals surface area contributed by atoms with E-state index in [1.165, 1.54) is 11.8 Å². The SMILES string of the molecule is CCCS(=O)(=O)c1ccccc1SC(C)C(=O)NCCCCN.Cl. The van der Waals surface area contributed by atoms with Crippen molar-refractivity contribution in [3.8, 4) is 0 Å². The summed E-state index contributed by atoms with van der Waals surface area (Å²) >= 11 is 1.28. The molecule has 0 aliphatic heterocycles. The Morgan fingerprint density at radius 3 is 2.58 bits per heavy atom. The molecule has 1 atom stereocenters. The van der Waals surface area contributed by atoms with E-state index in [4.69, 9.17) is 5.73 Å². The maximum Gasteiger partial charge on any atom is 0.233 e. The molecule has 0 aliphatic carbocycles. The molecular formula is C16H27ClN2O3S2. The van der Waals surface area contributed by atoms with Gasteiger partial charge in [-0.25, -0.2) is 8.42 Å². The van der Waals surface area contributed by atoms with E-state index in [0.29, 0.717) is 29.3 Å². The molecule has 3 N–H and O–H groups in total. The van der Waals surface area contributed by atoms with Crippen molar-refractivity contribution in [1.29, 1.82) is 0 Å². The van der Waals surface area contributed by atoms with Crippen LogP contribution in [-0.2, 0) is 14.6 Å². The number of hydrogen-bond acceptors (Lipinski definition) is 5. The summed E-state index contributed by atoms with van der Waals surface area (Å²) in [4.78, 5) is 13.0. The number of nitrogens with one attached hydrogen (secondary N) is 1. The highest BCUT2D eigenvalue weighted by Gasteiger charge is 2.21. The monoisotopic (exact) mass is 394 g/mol. The van der Waals surface area contributed by atoms with Crippen LogP contribution in [0.4, 0.5) is 0 Å². The minimum absolute atomic E-state index is 0. The summed E-state index contributed by atoms with van der Waals surface area (Å²) in [5, 5.41) is 2.50. The Bertz CT molecular complexity index is 609. The van der Waals surface area contributed by atoms with Gasteiger partial charge in [0.25, 0.3) is 0 Å². The first-order chi connectivity index (χ1) is 10.9. The van der Waals surface area contributed by atoms with Gasteiger partial charge in [-0.05, 0) is 44.9 Å². The Morgan fingerprint density at radius 2 is 1.96 bits per heavy atom. The largest absolute Gasteiger partial charge is 0.355 e. The molecule has 0 saturated heterocycles. The van der Waals surface area contributed by atoms with Crippen molar-refractivity contribution in [2.75, 3.05) is 18.8 Å². The molecule has 138 valence electrons. The molecule has 1 rings (SSSR count). The molecule has 5 nitrogen and oxygen atoms in total. The van der Waals surface area contributed by atoms with E-state index in [0.717, 1.165) is 12.8 Å². The Kier molecular flexibility index (Phi) is 11.4. The third kappa shape index (κ3) is 7.42. The van der Waals surface area contributed by atoms with E-state index in [2.05, 4.69) is 5.32 Å². The van der Waals surface area contributed by atoms with E-state index < -0.39 is 9.84 Å². The van der Waals surface area contributed by atoms with Crippen molar-refractivity contribution in [3.63, 3.8) is 0 Å². The number of amides is 1. The van der Waals surface area contributed by atoms with Crippen molar-refractivity contribution in [3.05, 3.63) is 24.3 Å². The first-order valence-electron chi connectivity index (χ1n) is 7.88. The van der Waals surface area contributed by atoms with Gasteiger partial charge < -0.3 is 11.1 Å². The van der Waals surface area contributed by atoms with E-state index in [-0.39, 0.29) is 29.3 Å². The van der Waals surface area contributed by atoms with Gasteiger partial charge in [0.1, 0.15) is 0 Å². The number of unbranched alkanes of at least 4 members (excludes halogenated alkanes) is 1. The zero-order valence-corrected chi connectivity index (χ0v) is 16.6. The zero-order chi connectivity index (χ0) is 17.3. The molecule has 0 spiro atoms. The van der Waals surface area contributed by atoms with Crippen LogP contribution in [-0.4, -0.2) is 38.4 Å². The van der Waals surface area contributed by atoms with Crippen LogP contribution in [0.2, 0.25) is 0 Å². The number of hydrogen-bond donors (Lipinski definition) is 2. The standard InChI is InChI=1S/C16H26N2O3S2.ClH/c1-3-12-23(20,21)15-9-5-4-8-14(15)22-13(2)16(19)18-11-7-6-10-17;/h4-5,8-9,13H,3,6-7,10-12,17H2,1-2H3,(H,18,19);1H. The van der Waals surface area contributed by atoms with Crippen LogP contribution in [0.3, 0.4) is 0 Å². The topological polar surface area (TPSA) is 89.3 Å². The summed E-state index contributed by atoms with van der Waals surface area (Å²) in [6.45, 7) is 4.83.